The second-order valence-electron chi connectivity index (χ2n) is 5.10. The molecule has 0 bridgehead atoms. The monoisotopic (exact) mass is 375 g/mol. The summed E-state index contributed by atoms with van der Waals surface area (Å²) in [5, 5.41) is 15.4. The minimum absolute atomic E-state index is 0.102. The van der Waals surface area contributed by atoms with Gasteiger partial charge in [0.25, 0.3) is 5.91 Å². The third kappa shape index (κ3) is 4.90. The summed E-state index contributed by atoms with van der Waals surface area (Å²) < 4.78 is 5.24. The van der Waals surface area contributed by atoms with E-state index < -0.39 is 5.91 Å². The van der Waals surface area contributed by atoms with Gasteiger partial charge < -0.3 is 15.4 Å². The molecule has 0 heterocycles. The number of hydrogen-bond acceptors (Lipinski definition) is 4. The Kier molecular flexibility index (Phi) is 6.29. The summed E-state index contributed by atoms with van der Waals surface area (Å²) >= 11 is 11.7. The lowest BCUT2D eigenvalue weighted by atomic mass is 10.2. The van der Waals surface area contributed by atoms with Crippen molar-refractivity contribution >= 4 is 40.5 Å². The molecule has 7 heteroatoms. The fourth-order valence-electron chi connectivity index (χ4n) is 2.01. The fraction of sp³-hybridized carbons (Fsp3) is 0.111. The molecule has 0 saturated carbocycles. The van der Waals surface area contributed by atoms with E-state index in [4.69, 9.17) is 27.9 Å². The largest absolute Gasteiger partial charge is 0.495 e. The van der Waals surface area contributed by atoms with Gasteiger partial charge in [-0.1, -0.05) is 29.3 Å². The number of nitriles is 1. The second-order valence-corrected chi connectivity index (χ2v) is 5.92. The molecule has 2 N–H and O–H groups in total. The van der Waals surface area contributed by atoms with Crippen LogP contribution in [0.4, 0.5) is 11.4 Å². The van der Waals surface area contributed by atoms with Crippen LogP contribution in [0.15, 0.2) is 48.2 Å². The third-order valence-electron chi connectivity index (χ3n) is 3.27. The normalized spacial score (nSPS) is 10.8. The third-order valence-corrected chi connectivity index (χ3v) is 4.01. The Morgan fingerprint density at radius 1 is 1.20 bits per heavy atom. The summed E-state index contributed by atoms with van der Waals surface area (Å²) in [6.45, 7) is 1.93. The number of nitrogens with zero attached hydrogens (tertiary/aromatic N) is 1. The highest BCUT2D eigenvalue weighted by atomic mass is 35.5. The minimum atomic E-state index is -0.569. The van der Waals surface area contributed by atoms with Crippen molar-refractivity contribution in [2.75, 3.05) is 17.7 Å². The van der Waals surface area contributed by atoms with E-state index in [-0.39, 0.29) is 5.57 Å². The summed E-state index contributed by atoms with van der Waals surface area (Å²) in [5.74, 6) is 0.0315. The molecule has 0 radical (unpaired) electrons. The van der Waals surface area contributed by atoms with Crippen LogP contribution >= 0.6 is 23.2 Å². The first-order valence-electron chi connectivity index (χ1n) is 7.22. The maximum Gasteiger partial charge on any atom is 0.267 e. The average molecular weight is 376 g/mol. The van der Waals surface area contributed by atoms with E-state index in [2.05, 4.69) is 10.6 Å². The van der Waals surface area contributed by atoms with Gasteiger partial charge in [0.1, 0.15) is 17.4 Å². The van der Waals surface area contributed by atoms with Crippen molar-refractivity contribution in [3.63, 3.8) is 0 Å². The van der Waals surface area contributed by atoms with Crippen LogP contribution in [0.1, 0.15) is 5.56 Å². The number of hydrogen-bond donors (Lipinski definition) is 2. The average Bonchev–Trinajstić information content (AvgIpc) is 2.59. The van der Waals surface area contributed by atoms with Crippen molar-refractivity contribution in [1.29, 1.82) is 5.26 Å². The number of aryl methyl sites for hydroxylation is 1. The van der Waals surface area contributed by atoms with Gasteiger partial charge in [0.2, 0.25) is 0 Å². The fourth-order valence-corrected chi connectivity index (χ4v) is 2.30. The van der Waals surface area contributed by atoms with Crippen LogP contribution in [-0.2, 0) is 4.79 Å². The van der Waals surface area contributed by atoms with Crippen LogP contribution in [0.3, 0.4) is 0 Å². The number of rotatable bonds is 5. The predicted octanol–water partition coefficient (Wildman–Crippen LogP) is 4.77. The van der Waals surface area contributed by atoms with E-state index in [0.29, 0.717) is 27.2 Å². The number of carbonyl (C=O) groups is 1. The maximum absolute atomic E-state index is 12.2. The van der Waals surface area contributed by atoms with Gasteiger partial charge in [-0.15, -0.1) is 0 Å². The molecule has 0 aromatic heterocycles. The van der Waals surface area contributed by atoms with Crippen molar-refractivity contribution in [3.8, 4) is 11.8 Å². The number of methoxy groups -OCH3 is 1. The van der Waals surface area contributed by atoms with Crippen LogP contribution in [0.2, 0.25) is 10.0 Å². The molecule has 2 aromatic carbocycles. The minimum Gasteiger partial charge on any atom is -0.495 e. The van der Waals surface area contributed by atoms with Gasteiger partial charge in [-0.25, -0.2) is 0 Å². The Labute approximate surface area is 155 Å². The SMILES string of the molecule is COc1ccc(C)cc1N/C=C(/C#N)C(=O)Nc1ccc(Cl)c(Cl)c1. The highest BCUT2D eigenvalue weighted by Gasteiger charge is 2.11. The molecular weight excluding hydrogens is 361 g/mol. The molecule has 5 nitrogen and oxygen atoms in total. The number of anilines is 2. The second kappa shape index (κ2) is 8.43. The van der Waals surface area contributed by atoms with Crippen molar-refractivity contribution in [2.45, 2.75) is 6.92 Å². The topological polar surface area (TPSA) is 74.1 Å². The Balaban J connectivity index is 2.17. The molecule has 0 saturated heterocycles. The van der Waals surface area contributed by atoms with Crippen molar-refractivity contribution < 1.29 is 9.53 Å². The van der Waals surface area contributed by atoms with Gasteiger partial charge in [-0.3, -0.25) is 4.79 Å². The highest BCUT2D eigenvalue weighted by Crippen LogP contribution is 2.26. The zero-order chi connectivity index (χ0) is 18.4. The molecule has 2 rings (SSSR count). The number of halogens is 2. The first kappa shape index (κ1) is 18.7. The van der Waals surface area contributed by atoms with E-state index in [9.17, 15) is 10.1 Å². The van der Waals surface area contributed by atoms with Crippen molar-refractivity contribution in [3.05, 3.63) is 63.8 Å². The van der Waals surface area contributed by atoms with Gasteiger partial charge >= 0.3 is 0 Å². The number of benzene rings is 2. The Morgan fingerprint density at radius 3 is 2.60 bits per heavy atom. The predicted molar refractivity (Wildman–Crippen MR) is 100 cm³/mol. The standard InChI is InChI=1S/C18H15Cl2N3O2/c1-11-3-6-17(25-2)16(7-11)22-10-12(9-21)18(24)23-13-4-5-14(19)15(20)8-13/h3-8,10,22H,1-2H3,(H,23,24)/b12-10-. The molecule has 1 amide bonds. The van der Waals surface area contributed by atoms with Crippen LogP contribution in [0, 0.1) is 18.3 Å². The van der Waals surface area contributed by atoms with E-state index in [0.717, 1.165) is 5.56 Å². The highest BCUT2D eigenvalue weighted by molar-refractivity contribution is 6.42. The smallest absolute Gasteiger partial charge is 0.267 e. The van der Waals surface area contributed by atoms with Crippen LogP contribution in [0.25, 0.3) is 0 Å². The molecule has 0 aliphatic rings. The first-order chi connectivity index (χ1) is 11.9. The van der Waals surface area contributed by atoms with E-state index in [1.807, 2.05) is 25.1 Å². The molecule has 0 spiro atoms. The lowest BCUT2D eigenvalue weighted by Crippen LogP contribution is -2.14. The Hall–Kier alpha value is -2.68. The molecule has 0 fully saturated rings. The van der Waals surface area contributed by atoms with Gasteiger partial charge in [0, 0.05) is 11.9 Å². The zero-order valence-electron chi connectivity index (χ0n) is 13.6. The molecule has 2 aromatic rings. The summed E-state index contributed by atoms with van der Waals surface area (Å²) in [7, 11) is 1.54. The van der Waals surface area contributed by atoms with E-state index in [1.165, 1.54) is 12.3 Å². The van der Waals surface area contributed by atoms with E-state index in [1.54, 1.807) is 25.3 Å². The number of carbonyl (C=O) groups excluding carboxylic acids is 1. The quantitative estimate of drug-likeness (QED) is 0.582. The lowest BCUT2D eigenvalue weighted by molar-refractivity contribution is -0.112. The van der Waals surface area contributed by atoms with E-state index >= 15 is 0 Å². The van der Waals surface area contributed by atoms with Crippen LogP contribution < -0.4 is 15.4 Å². The Morgan fingerprint density at radius 2 is 1.96 bits per heavy atom. The molecule has 0 aliphatic carbocycles. The summed E-state index contributed by atoms with van der Waals surface area (Å²) in [5.41, 5.74) is 2.00. The van der Waals surface area contributed by atoms with Crippen molar-refractivity contribution in [2.24, 2.45) is 0 Å². The number of nitrogens with one attached hydrogen (secondary N) is 2. The first-order valence-corrected chi connectivity index (χ1v) is 7.98. The van der Waals surface area contributed by atoms with Crippen LogP contribution in [-0.4, -0.2) is 13.0 Å². The molecule has 128 valence electrons. The summed E-state index contributed by atoms with van der Waals surface area (Å²) in [6, 6.07) is 12.1. The number of amides is 1. The molecule has 25 heavy (non-hydrogen) atoms. The van der Waals surface area contributed by atoms with Crippen molar-refractivity contribution in [1.82, 2.24) is 0 Å². The molecule has 0 atom stereocenters. The Bertz CT molecular complexity index is 873. The summed E-state index contributed by atoms with van der Waals surface area (Å²) in [4.78, 5) is 12.2. The van der Waals surface area contributed by atoms with Gasteiger partial charge in [0.15, 0.2) is 0 Å². The number of ether oxygens (including phenoxy) is 1. The molecule has 0 aliphatic heterocycles. The molecular formula is C18H15Cl2N3O2. The molecule has 0 unspecified atom stereocenters. The van der Waals surface area contributed by atoms with Gasteiger partial charge in [-0.05, 0) is 42.8 Å². The summed E-state index contributed by atoms with van der Waals surface area (Å²) in [6.07, 6.45) is 1.32. The van der Waals surface area contributed by atoms with Gasteiger partial charge in [-0.2, -0.15) is 5.26 Å². The zero-order valence-corrected chi connectivity index (χ0v) is 15.1. The lowest BCUT2D eigenvalue weighted by Gasteiger charge is -2.10. The van der Waals surface area contributed by atoms with Crippen LogP contribution in [0.5, 0.6) is 5.75 Å². The maximum atomic E-state index is 12.2. The van der Waals surface area contributed by atoms with Gasteiger partial charge in [0.05, 0.1) is 22.8 Å².